The van der Waals surface area contributed by atoms with Crippen LogP contribution in [0.3, 0.4) is 0 Å². The van der Waals surface area contributed by atoms with Gasteiger partial charge in [0, 0.05) is 18.8 Å². The van der Waals surface area contributed by atoms with E-state index < -0.39 is 22.8 Å². The predicted octanol–water partition coefficient (Wildman–Crippen LogP) is 2.83. The number of benzene rings is 1. The maximum absolute atomic E-state index is 13.3. The normalized spacial score (nSPS) is 33.8. The minimum atomic E-state index is -4.36. The number of fused-ring (bicyclic) bond motifs is 1. The highest BCUT2D eigenvalue weighted by Crippen LogP contribution is 2.51. The highest BCUT2D eigenvalue weighted by atomic mass is 19.4. The molecule has 1 aromatic rings. The summed E-state index contributed by atoms with van der Waals surface area (Å²) in [5.74, 6) is -0.268. The van der Waals surface area contributed by atoms with E-state index in [1.165, 1.54) is 6.07 Å². The molecule has 0 bridgehead atoms. The summed E-state index contributed by atoms with van der Waals surface area (Å²) in [5, 5.41) is 0. The Balaban J connectivity index is 1.92. The van der Waals surface area contributed by atoms with Crippen LogP contribution in [0.15, 0.2) is 36.5 Å². The zero-order valence-electron chi connectivity index (χ0n) is 13.2. The summed E-state index contributed by atoms with van der Waals surface area (Å²) < 4.78 is 39.8. The Morgan fingerprint density at radius 3 is 2.17 bits per heavy atom. The molecule has 0 spiro atoms. The van der Waals surface area contributed by atoms with Crippen LogP contribution in [-0.2, 0) is 6.18 Å². The van der Waals surface area contributed by atoms with Crippen molar-refractivity contribution >= 4 is 0 Å². The number of likely N-dealkylation sites (tertiary alicyclic amines) is 1. The average Bonchev–Trinajstić information content (AvgIpc) is 2.83. The van der Waals surface area contributed by atoms with E-state index in [9.17, 15) is 13.2 Å². The molecule has 3 rings (SSSR count). The fraction of sp³-hybridized carbons (Fsp3) is 0.529. The third kappa shape index (κ3) is 2.54. The van der Waals surface area contributed by atoms with Gasteiger partial charge >= 0.3 is 6.18 Å². The largest absolute Gasteiger partial charge is 0.416 e. The van der Waals surface area contributed by atoms with E-state index in [1.807, 2.05) is 11.8 Å². The quantitative estimate of drug-likeness (QED) is 0.879. The first-order valence-electron chi connectivity index (χ1n) is 7.70. The van der Waals surface area contributed by atoms with Crippen LogP contribution in [0.1, 0.15) is 36.8 Å². The first-order chi connectivity index (χ1) is 10.6. The van der Waals surface area contributed by atoms with Gasteiger partial charge in [-0.1, -0.05) is 24.8 Å². The molecule has 1 saturated carbocycles. The molecule has 0 amide bonds. The maximum atomic E-state index is 13.3. The van der Waals surface area contributed by atoms with Gasteiger partial charge in [-0.05, 0) is 37.3 Å². The number of nitrogens with two attached hydrogens (primary N) is 2. The Morgan fingerprint density at radius 1 is 1.17 bits per heavy atom. The minimum Gasteiger partial charge on any atom is -0.372 e. The summed E-state index contributed by atoms with van der Waals surface area (Å²) in [6.45, 7) is 6.90. The van der Waals surface area contributed by atoms with Crippen molar-refractivity contribution in [3.63, 3.8) is 0 Å². The fourth-order valence-electron chi connectivity index (χ4n) is 4.14. The summed E-state index contributed by atoms with van der Waals surface area (Å²) >= 11 is 0. The Bertz CT molecular complexity index is 622. The van der Waals surface area contributed by atoms with Gasteiger partial charge in [0.05, 0.1) is 16.6 Å². The van der Waals surface area contributed by atoms with Crippen LogP contribution in [0.2, 0.25) is 0 Å². The zero-order valence-corrected chi connectivity index (χ0v) is 13.2. The molecule has 0 aromatic heterocycles. The molecule has 2 aliphatic rings. The van der Waals surface area contributed by atoms with Crippen LogP contribution in [0.4, 0.5) is 13.2 Å². The van der Waals surface area contributed by atoms with Crippen LogP contribution in [0.5, 0.6) is 0 Å². The van der Waals surface area contributed by atoms with Crippen LogP contribution >= 0.6 is 0 Å². The molecule has 0 radical (unpaired) electrons. The SMILES string of the molecule is C=C(C)N1C[C@]2(N)CC(c3ccccc3C(F)(F)F)C[C@]2(N)C1. The topological polar surface area (TPSA) is 55.3 Å². The second kappa shape index (κ2) is 4.98. The zero-order chi connectivity index (χ0) is 17.0. The lowest BCUT2D eigenvalue weighted by Crippen LogP contribution is -2.61. The molecule has 126 valence electrons. The molecule has 3 nitrogen and oxygen atoms in total. The fourth-order valence-corrected chi connectivity index (χ4v) is 4.14. The van der Waals surface area contributed by atoms with Gasteiger partial charge in [-0.15, -0.1) is 0 Å². The smallest absolute Gasteiger partial charge is 0.372 e. The minimum absolute atomic E-state index is 0.268. The lowest BCUT2D eigenvalue weighted by Gasteiger charge is -2.31. The average molecular weight is 325 g/mol. The van der Waals surface area contributed by atoms with Crippen molar-refractivity contribution in [2.24, 2.45) is 11.5 Å². The van der Waals surface area contributed by atoms with E-state index in [1.54, 1.807) is 12.1 Å². The van der Waals surface area contributed by atoms with Crippen molar-refractivity contribution in [3.8, 4) is 0 Å². The number of hydrogen-bond acceptors (Lipinski definition) is 3. The molecule has 1 heterocycles. The predicted molar refractivity (Wildman–Crippen MR) is 83.6 cm³/mol. The van der Waals surface area contributed by atoms with Gasteiger partial charge in [0.1, 0.15) is 0 Å². The molecule has 1 aliphatic heterocycles. The first-order valence-corrected chi connectivity index (χ1v) is 7.70. The lowest BCUT2D eigenvalue weighted by atomic mass is 9.85. The summed E-state index contributed by atoms with van der Waals surface area (Å²) in [7, 11) is 0. The second-order valence-corrected chi connectivity index (χ2v) is 7.09. The van der Waals surface area contributed by atoms with Crippen LogP contribution in [0.25, 0.3) is 0 Å². The summed E-state index contributed by atoms with van der Waals surface area (Å²) in [6, 6.07) is 5.75. The molecule has 6 heteroatoms. The molecular formula is C17H22F3N3. The van der Waals surface area contributed by atoms with Crippen molar-refractivity contribution in [2.75, 3.05) is 13.1 Å². The molecule has 1 aliphatic carbocycles. The highest BCUT2D eigenvalue weighted by molar-refractivity contribution is 5.37. The van der Waals surface area contributed by atoms with Gasteiger partial charge in [-0.3, -0.25) is 0 Å². The summed E-state index contributed by atoms with van der Waals surface area (Å²) in [5.41, 5.74) is 12.3. The van der Waals surface area contributed by atoms with Crippen molar-refractivity contribution in [2.45, 2.75) is 42.9 Å². The number of alkyl halides is 3. The monoisotopic (exact) mass is 325 g/mol. The van der Waals surface area contributed by atoms with E-state index >= 15 is 0 Å². The number of allylic oxidation sites excluding steroid dienone is 1. The molecule has 1 saturated heterocycles. The van der Waals surface area contributed by atoms with Crippen molar-refractivity contribution in [1.29, 1.82) is 0 Å². The number of rotatable bonds is 2. The Kier molecular flexibility index (Phi) is 3.54. The van der Waals surface area contributed by atoms with Gasteiger partial charge in [-0.2, -0.15) is 13.2 Å². The lowest BCUT2D eigenvalue weighted by molar-refractivity contribution is -0.138. The standard InChI is InChI=1S/C17H22F3N3/c1-11(2)23-9-15(21)7-12(8-16(15,22)10-23)13-5-3-4-6-14(13)17(18,19)20/h3-6,12H,1,7-10,21-22H2,2H3/t12?,15-,16+. The number of hydrogen-bond donors (Lipinski definition) is 2. The van der Waals surface area contributed by atoms with Crippen molar-refractivity contribution < 1.29 is 13.2 Å². The van der Waals surface area contributed by atoms with Crippen molar-refractivity contribution in [1.82, 2.24) is 4.90 Å². The summed E-state index contributed by atoms with van der Waals surface area (Å²) in [4.78, 5) is 2.03. The highest BCUT2D eigenvalue weighted by Gasteiger charge is 2.60. The van der Waals surface area contributed by atoms with E-state index in [4.69, 9.17) is 11.5 Å². The Hall–Kier alpha value is -1.53. The van der Waals surface area contributed by atoms with Crippen LogP contribution < -0.4 is 11.5 Å². The summed E-state index contributed by atoms with van der Waals surface area (Å²) in [6.07, 6.45) is -3.44. The van der Waals surface area contributed by atoms with E-state index in [0.29, 0.717) is 31.5 Å². The third-order valence-electron chi connectivity index (χ3n) is 5.40. The van der Waals surface area contributed by atoms with Crippen LogP contribution in [-0.4, -0.2) is 29.1 Å². The molecule has 4 N–H and O–H groups in total. The number of halogens is 3. The number of nitrogens with zero attached hydrogens (tertiary/aromatic N) is 1. The van der Waals surface area contributed by atoms with Gasteiger partial charge in [0.2, 0.25) is 0 Å². The Labute approximate surface area is 134 Å². The molecular weight excluding hydrogens is 303 g/mol. The molecule has 1 unspecified atom stereocenters. The molecule has 2 fully saturated rings. The molecule has 23 heavy (non-hydrogen) atoms. The Morgan fingerprint density at radius 2 is 1.70 bits per heavy atom. The van der Waals surface area contributed by atoms with Gasteiger partial charge in [0.25, 0.3) is 0 Å². The molecule has 3 atom stereocenters. The van der Waals surface area contributed by atoms with Gasteiger partial charge in [0.15, 0.2) is 0 Å². The van der Waals surface area contributed by atoms with Crippen molar-refractivity contribution in [3.05, 3.63) is 47.7 Å². The van der Waals surface area contributed by atoms with E-state index in [2.05, 4.69) is 6.58 Å². The van der Waals surface area contributed by atoms with E-state index in [-0.39, 0.29) is 5.92 Å². The second-order valence-electron chi connectivity index (χ2n) is 7.09. The van der Waals surface area contributed by atoms with Crippen LogP contribution in [0, 0.1) is 0 Å². The van der Waals surface area contributed by atoms with Gasteiger partial charge in [-0.25, -0.2) is 0 Å². The maximum Gasteiger partial charge on any atom is 0.416 e. The first kappa shape index (κ1) is 16.3. The van der Waals surface area contributed by atoms with Gasteiger partial charge < -0.3 is 16.4 Å². The molecule has 1 aromatic carbocycles. The third-order valence-corrected chi connectivity index (χ3v) is 5.40. The van der Waals surface area contributed by atoms with E-state index in [0.717, 1.165) is 11.8 Å².